The lowest BCUT2D eigenvalue weighted by Crippen LogP contribution is -2.33. The summed E-state index contributed by atoms with van der Waals surface area (Å²) in [6.45, 7) is 0.488. The zero-order valence-corrected chi connectivity index (χ0v) is 17.3. The highest BCUT2D eigenvalue weighted by molar-refractivity contribution is 5.94. The molecule has 160 valence electrons. The molecule has 0 aliphatic carbocycles. The molecular weight excluding hydrogens is 397 g/mol. The summed E-state index contributed by atoms with van der Waals surface area (Å²) in [5, 5.41) is 2.84. The van der Waals surface area contributed by atoms with Gasteiger partial charge in [-0.2, -0.15) is 0 Å². The van der Waals surface area contributed by atoms with E-state index < -0.39 is 0 Å². The fourth-order valence-electron chi connectivity index (χ4n) is 3.08. The number of nitrogens with zero attached hydrogens (tertiary/aromatic N) is 2. The molecule has 0 atom stereocenters. The molecule has 6 nitrogen and oxygen atoms in total. The fourth-order valence-corrected chi connectivity index (χ4v) is 3.08. The number of hydrogen-bond acceptors (Lipinski definition) is 4. The highest BCUT2D eigenvalue weighted by Gasteiger charge is 2.17. The van der Waals surface area contributed by atoms with Crippen molar-refractivity contribution in [1.29, 1.82) is 0 Å². The summed E-state index contributed by atoms with van der Waals surface area (Å²) in [6.07, 6.45) is 1.89. The molecule has 0 aliphatic rings. The van der Waals surface area contributed by atoms with Crippen LogP contribution in [0.15, 0.2) is 72.9 Å². The van der Waals surface area contributed by atoms with Crippen molar-refractivity contribution in [3.05, 3.63) is 95.6 Å². The van der Waals surface area contributed by atoms with Crippen LogP contribution in [0.25, 0.3) is 0 Å². The van der Waals surface area contributed by atoms with E-state index in [0.29, 0.717) is 17.8 Å². The van der Waals surface area contributed by atoms with Gasteiger partial charge < -0.3 is 15.0 Å². The monoisotopic (exact) mass is 421 g/mol. The van der Waals surface area contributed by atoms with Gasteiger partial charge in [0.1, 0.15) is 12.4 Å². The van der Waals surface area contributed by atoms with Crippen molar-refractivity contribution < 1.29 is 18.7 Å². The number of benzene rings is 2. The van der Waals surface area contributed by atoms with E-state index in [9.17, 15) is 14.0 Å². The SMILES string of the molecule is COCC(=O)N(Cc1cccc(F)c1)c1ccc(CC(=O)NCc2ccccn2)cc1. The molecule has 0 bridgehead atoms. The first-order chi connectivity index (χ1) is 15.0. The van der Waals surface area contributed by atoms with Gasteiger partial charge in [-0.3, -0.25) is 14.6 Å². The van der Waals surface area contributed by atoms with Gasteiger partial charge in [0, 0.05) is 19.0 Å². The predicted molar refractivity (Wildman–Crippen MR) is 116 cm³/mol. The fraction of sp³-hybridized carbons (Fsp3) is 0.208. The minimum Gasteiger partial charge on any atom is -0.375 e. The molecule has 0 fully saturated rings. The number of anilines is 1. The molecule has 7 heteroatoms. The van der Waals surface area contributed by atoms with Crippen LogP contribution in [0, 0.1) is 5.82 Å². The van der Waals surface area contributed by atoms with Crippen molar-refractivity contribution in [3.8, 4) is 0 Å². The van der Waals surface area contributed by atoms with E-state index in [0.717, 1.165) is 11.3 Å². The summed E-state index contributed by atoms with van der Waals surface area (Å²) in [4.78, 5) is 30.5. The molecule has 1 N–H and O–H groups in total. The van der Waals surface area contributed by atoms with Crippen LogP contribution in [0.4, 0.5) is 10.1 Å². The Hall–Kier alpha value is -3.58. The largest absolute Gasteiger partial charge is 0.375 e. The number of pyridine rings is 1. The normalized spacial score (nSPS) is 10.5. The van der Waals surface area contributed by atoms with Crippen molar-refractivity contribution in [1.82, 2.24) is 10.3 Å². The maximum atomic E-state index is 13.5. The molecule has 0 unspecified atom stereocenters. The number of aromatic nitrogens is 1. The van der Waals surface area contributed by atoms with E-state index >= 15 is 0 Å². The molecule has 2 amide bonds. The van der Waals surface area contributed by atoms with Gasteiger partial charge in [-0.25, -0.2) is 4.39 Å². The summed E-state index contributed by atoms with van der Waals surface area (Å²) in [5.74, 6) is -0.721. The lowest BCUT2D eigenvalue weighted by molar-refractivity contribution is -0.122. The van der Waals surface area contributed by atoms with E-state index in [4.69, 9.17) is 4.74 Å². The van der Waals surface area contributed by atoms with Gasteiger partial charge >= 0.3 is 0 Å². The number of halogens is 1. The minimum atomic E-state index is -0.358. The maximum Gasteiger partial charge on any atom is 0.253 e. The van der Waals surface area contributed by atoms with Crippen LogP contribution in [0.5, 0.6) is 0 Å². The number of carbonyl (C=O) groups is 2. The van der Waals surface area contributed by atoms with E-state index in [1.165, 1.54) is 24.1 Å². The van der Waals surface area contributed by atoms with Crippen molar-refractivity contribution >= 4 is 17.5 Å². The number of hydrogen-bond donors (Lipinski definition) is 1. The summed E-state index contributed by atoms with van der Waals surface area (Å²) >= 11 is 0. The molecule has 3 aromatic rings. The average molecular weight is 421 g/mol. The molecule has 0 saturated carbocycles. The van der Waals surface area contributed by atoms with Gasteiger partial charge in [0.05, 0.1) is 25.2 Å². The first-order valence-corrected chi connectivity index (χ1v) is 9.84. The third-order valence-corrected chi connectivity index (χ3v) is 4.60. The molecule has 3 rings (SSSR count). The van der Waals surface area contributed by atoms with Crippen LogP contribution in [0.1, 0.15) is 16.8 Å². The molecule has 0 radical (unpaired) electrons. The smallest absolute Gasteiger partial charge is 0.253 e. The number of carbonyl (C=O) groups excluding carboxylic acids is 2. The Morgan fingerprint density at radius 1 is 1.03 bits per heavy atom. The molecule has 0 saturated heterocycles. The second-order valence-electron chi connectivity index (χ2n) is 6.98. The van der Waals surface area contributed by atoms with Crippen LogP contribution < -0.4 is 10.2 Å². The van der Waals surface area contributed by atoms with Crippen LogP contribution in [0.2, 0.25) is 0 Å². The Balaban J connectivity index is 1.65. The lowest BCUT2D eigenvalue weighted by Gasteiger charge is -2.23. The zero-order chi connectivity index (χ0) is 22.1. The highest BCUT2D eigenvalue weighted by atomic mass is 19.1. The number of rotatable bonds is 9. The van der Waals surface area contributed by atoms with E-state index in [1.54, 1.807) is 42.6 Å². The maximum absolute atomic E-state index is 13.5. The topological polar surface area (TPSA) is 71.5 Å². The highest BCUT2D eigenvalue weighted by Crippen LogP contribution is 2.19. The number of nitrogens with one attached hydrogen (secondary N) is 1. The van der Waals surface area contributed by atoms with Crippen LogP contribution in [0.3, 0.4) is 0 Å². The lowest BCUT2D eigenvalue weighted by atomic mass is 10.1. The van der Waals surface area contributed by atoms with E-state index in [-0.39, 0.29) is 37.2 Å². The quantitative estimate of drug-likeness (QED) is 0.576. The van der Waals surface area contributed by atoms with Crippen molar-refractivity contribution in [2.45, 2.75) is 19.5 Å². The Morgan fingerprint density at radius 3 is 2.52 bits per heavy atom. The second-order valence-corrected chi connectivity index (χ2v) is 6.98. The Kier molecular flexibility index (Phi) is 7.84. The summed E-state index contributed by atoms with van der Waals surface area (Å²) < 4.78 is 18.5. The standard InChI is InChI=1S/C24H24FN3O3/c1-31-17-24(30)28(16-19-5-4-6-20(25)13-19)22-10-8-18(9-11-22)14-23(29)27-15-21-7-2-3-12-26-21/h2-13H,14-17H2,1H3,(H,27,29). The van der Waals surface area contributed by atoms with Crippen molar-refractivity contribution in [2.24, 2.45) is 0 Å². The summed E-state index contributed by atoms with van der Waals surface area (Å²) in [5.41, 5.74) is 2.91. The van der Waals surface area contributed by atoms with Gasteiger partial charge in [0.15, 0.2) is 0 Å². The van der Waals surface area contributed by atoms with Crippen molar-refractivity contribution in [3.63, 3.8) is 0 Å². The van der Waals surface area contributed by atoms with E-state index in [1.807, 2.05) is 18.2 Å². The van der Waals surface area contributed by atoms with Gasteiger partial charge in [0.25, 0.3) is 5.91 Å². The molecule has 31 heavy (non-hydrogen) atoms. The summed E-state index contributed by atoms with van der Waals surface area (Å²) in [6, 6.07) is 18.8. The van der Waals surface area contributed by atoms with Gasteiger partial charge in [-0.05, 0) is 47.5 Å². The Morgan fingerprint density at radius 2 is 1.84 bits per heavy atom. The molecule has 1 heterocycles. The zero-order valence-electron chi connectivity index (χ0n) is 17.3. The first kappa shape index (κ1) is 22.1. The third-order valence-electron chi connectivity index (χ3n) is 4.60. The third kappa shape index (κ3) is 6.72. The first-order valence-electron chi connectivity index (χ1n) is 9.84. The van der Waals surface area contributed by atoms with Gasteiger partial charge in [-0.1, -0.05) is 30.3 Å². The van der Waals surface area contributed by atoms with Gasteiger partial charge in [-0.15, -0.1) is 0 Å². The molecule has 0 spiro atoms. The van der Waals surface area contributed by atoms with Gasteiger partial charge in [0.2, 0.25) is 5.91 Å². The molecule has 1 aromatic heterocycles. The number of amides is 2. The minimum absolute atomic E-state index is 0.0903. The Labute approximate surface area is 180 Å². The van der Waals surface area contributed by atoms with Crippen LogP contribution in [-0.2, 0) is 33.8 Å². The number of ether oxygens (including phenoxy) is 1. The average Bonchev–Trinajstić information content (AvgIpc) is 2.78. The van der Waals surface area contributed by atoms with E-state index in [2.05, 4.69) is 10.3 Å². The second kappa shape index (κ2) is 11.0. The number of methoxy groups -OCH3 is 1. The predicted octanol–water partition coefficient (Wildman–Crippen LogP) is 3.26. The van der Waals surface area contributed by atoms with Crippen LogP contribution >= 0.6 is 0 Å². The molecule has 2 aromatic carbocycles. The molecule has 0 aliphatic heterocycles. The Bertz CT molecular complexity index is 1010. The van der Waals surface area contributed by atoms with Crippen molar-refractivity contribution in [2.75, 3.05) is 18.6 Å². The van der Waals surface area contributed by atoms with Crippen LogP contribution in [-0.4, -0.2) is 30.5 Å². The molecular formula is C24H24FN3O3. The summed E-state index contributed by atoms with van der Waals surface area (Å²) in [7, 11) is 1.45.